The number of carbonyl (C=O) groups is 3. The van der Waals surface area contributed by atoms with Gasteiger partial charge in [-0.2, -0.15) is 5.10 Å². The third kappa shape index (κ3) is 6.46. The van der Waals surface area contributed by atoms with Crippen LogP contribution in [0.3, 0.4) is 0 Å². The molecule has 4 rings (SSSR count). The Kier molecular flexibility index (Phi) is 8.14. The van der Waals surface area contributed by atoms with Crippen molar-refractivity contribution < 1.29 is 19.1 Å². The molecule has 10 nitrogen and oxygen atoms in total. The number of nitrogens with zero attached hydrogens (tertiary/aromatic N) is 5. The van der Waals surface area contributed by atoms with Crippen LogP contribution in [0.1, 0.15) is 38.5 Å². The van der Waals surface area contributed by atoms with Gasteiger partial charge in [0.25, 0.3) is 11.8 Å². The highest BCUT2D eigenvalue weighted by Gasteiger charge is 2.27. The molecular weight excluding hydrogens is 448 g/mol. The number of nitrogens with one attached hydrogen (secondary N) is 1. The van der Waals surface area contributed by atoms with Crippen LogP contribution >= 0.6 is 0 Å². The van der Waals surface area contributed by atoms with E-state index in [-0.39, 0.29) is 30.0 Å². The van der Waals surface area contributed by atoms with Crippen molar-refractivity contribution >= 4 is 17.7 Å². The molecule has 2 aromatic rings. The number of benzene rings is 1. The maximum Gasteiger partial charge on any atom is 0.274 e. The second-order valence-corrected chi connectivity index (χ2v) is 9.17. The average Bonchev–Trinajstić information content (AvgIpc) is 3.21. The zero-order valence-corrected chi connectivity index (χ0v) is 20.5. The Morgan fingerprint density at radius 1 is 1.14 bits per heavy atom. The third-order valence-corrected chi connectivity index (χ3v) is 6.34. The van der Waals surface area contributed by atoms with Gasteiger partial charge in [0.1, 0.15) is 5.69 Å². The summed E-state index contributed by atoms with van der Waals surface area (Å²) in [6, 6.07) is 9.65. The van der Waals surface area contributed by atoms with Crippen molar-refractivity contribution in [3.8, 4) is 0 Å². The van der Waals surface area contributed by atoms with E-state index in [1.807, 2.05) is 25.1 Å². The maximum absolute atomic E-state index is 13.2. The number of amides is 3. The standard InChI is InChI=1S/C25H34N6O4/c1-19-5-3-6-20(15-19)17-30-8-4-9-31-22(25(30)34)16-21(27-31)24(33)28(2)18-23(32)26-7-10-29-11-13-35-14-12-29/h3,5-6,15-16H,4,7-14,17-18H2,1-2H3,(H,26,32). The van der Waals surface area contributed by atoms with Gasteiger partial charge in [-0.05, 0) is 18.9 Å². The Labute approximate surface area is 205 Å². The Balaban J connectivity index is 1.33. The number of hydrogen-bond acceptors (Lipinski definition) is 6. The number of hydrogen-bond donors (Lipinski definition) is 1. The Bertz CT molecular complexity index is 1060. The summed E-state index contributed by atoms with van der Waals surface area (Å²) in [4.78, 5) is 43.9. The molecule has 3 amide bonds. The molecular formula is C25H34N6O4. The minimum Gasteiger partial charge on any atom is -0.379 e. The van der Waals surface area contributed by atoms with Crippen molar-refractivity contribution in [3.63, 3.8) is 0 Å². The van der Waals surface area contributed by atoms with Gasteiger partial charge in [0, 0.05) is 58.9 Å². The van der Waals surface area contributed by atoms with Gasteiger partial charge >= 0.3 is 0 Å². The first kappa shape index (κ1) is 24.9. The lowest BCUT2D eigenvalue weighted by molar-refractivity contribution is -0.121. The van der Waals surface area contributed by atoms with Crippen LogP contribution in [0.5, 0.6) is 0 Å². The van der Waals surface area contributed by atoms with Crippen molar-refractivity contribution in [1.29, 1.82) is 0 Å². The summed E-state index contributed by atoms with van der Waals surface area (Å²) in [7, 11) is 1.57. The quantitative estimate of drug-likeness (QED) is 0.596. The van der Waals surface area contributed by atoms with E-state index < -0.39 is 0 Å². The highest BCUT2D eigenvalue weighted by molar-refractivity contribution is 5.99. The highest BCUT2D eigenvalue weighted by atomic mass is 16.5. The van der Waals surface area contributed by atoms with E-state index in [4.69, 9.17) is 4.74 Å². The van der Waals surface area contributed by atoms with E-state index in [0.29, 0.717) is 45.1 Å². The van der Waals surface area contributed by atoms with E-state index in [1.54, 1.807) is 22.7 Å². The van der Waals surface area contributed by atoms with Gasteiger partial charge in [-0.25, -0.2) is 0 Å². The first-order valence-corrected chi connectivity index (χ1v) is 12.2. The van der Waals surface area contributed by atoms with Gasteiger partial charge in [0.2, 0.25) is 5.91 Å². The fourth-order valence-corrected chi connectivity index (χ4v) is 4.44. The summed E-state index contributed by atoms with van der Waals surface area (Å²) < 4.78 is 6.94. The van der Waals surface area contributed by atoms with Crippen LogP contribution in [0.4, 0.5) is 0 Å². The van der Waals surface area contributed by atoms with Crippen LogP contribution in [0, 0.1) is 6.92 Å². The van der Waals surface area contributed by atoms with Crippen LogP contribution in [-0.2, 0) is 22.6 Å². The molecule has 188 valence electrons. The monoisotopic (exact) mass is 482 g/mol. The van der Waals surface area contributed by atoms with Crippen molar-refractivity contribution in [2.45, 2.75) is 26.4 Å². The molecule has 1 aromatic heterocycles. The van der Waals surface area contributed by atoms with Crippen molar-refractivity contribution in [1.82, 2.24) is 29.8 Å². The molecule has 10 heteroatoms. The molecule has 0 atom stereocenters. The molecule has 0 saturated carbocycles. The second kappa shape index (κ2) is 11.5. The van der Waals surface area contributed by atoms with Crippen LogP contribution in [0.15, 0.2) is 30.3 Å². The molecule has 3 heterocycles. The van der Waals surface area contributed by atoms with E-state index in [9.17, 15) is 14.4 Å². The molecule has 1 N–H and O–H groups in total. The van der Waals surface area contributed by atoms with E-state index in [1.165, 1.54) is 4.90 Å². The predicted octanol–water partition coefficient (Wildman–Crippen LogP) is 0.758. The number of aromatic nitrogens is 2. The minimum absolute atomic E-state index is 0.0719. The second-order valence-electron chi connectivity index (χ2n) is 9.17. The van der Waals surface area contributed by atoms with Gasteiger partial charge < -0.3 is 19.9 Å². The van der Waals surface area contributed by atoms with Gasteiger partial charge in [0.15, 0.2) is 5.69 Å². The molecule has 2 aliphatic heterocycles. The molecule has 1 aromatic carbocycles. The molecule has 2 aliphatic rings. The fourth-order valence-electron chi connectivity index (χ4n) is 4.44. The molecule has 0 radical (unpaired) electrons. The maximum atomic E-state index is 13.2. The molecule has 1 saturated heterocycles. The van der Waals surface area contributed by atoms with Crippen molar-refractivity contribution in [2.24, 2.45) is 0 Å². The zero-order valence-electron chi connectivity index (χ0n) is 20.5. The number of fused-ring (bicyclic) bond motifs is 1. The van der Waals surface area contributed by atoms with Crippen LogP contribution < -0.4 is 5.32 Å². The van der Waals surface area contributed by atoms with E-state index >= 15 is 0 Å². The molecule has 35 heavy (non-hydrogen) atoms. The lowest BCUT2D eigenvalue weighted by atomic mass is 10.1. The summed E-state index contributed by atoms with van der Waals surface area (Å²) in [5.74, 6) is -0.749. The number of morpholine rings is 1. The van der Waals surface area contributed by atoms with Gasteiger partial charge in [-0.15, -0.1) is 0 Å². The van der Waals surface area contributed by atoms with Gasteiger partial charge in [-0.1, -0.05) is 29.8 Å². The highest BCUT2D eigenvalue weighted by Crippen LogP contribution is 2.18. The van der Waals surface area contributed by atoms with E-state index in [0.717, 1.165) is 37.2 Å². The Morgan fingerprint density at radius 2 is 1.94 bits per heavy atom. The van der Waals surface area contributed by atoms with Gasteiger partial charge in [-0.3, -0.25) is 24.0 Å². The summed E-state index contributed by atoms with van der Waals surface area (Å²) in [6.07, 6.45) is 0.751. The van der Waals surface area contributed by atoms with Crippen LogP contribution in [-0.4, -0.2) is 102 Å². The van der Waals surface area contributed by atoms with Crippen molar-refractivity contribution in [2.75, 3.05) is 59.5 Å². The summed E-state index contributed by atoms with van der Waals surface area (Å²) >= 11 is 0. The van der Waals surface area contributed by atoms with Gasteiger partial charge in [0.05, 0.1) is 19.8 Å². The molecule has 1 fully saturated rings. The Hall–Kier alpha value is -3.24. The normalized spacial score (nSPS) is 16.5. The largest absolute Gasteiger partial charge is 0.379 e. The number of ether oxygens (including phenoxy) is 1. The number of rotatable bonds is 8. The van der Waals surface area contributed by atoms with E-state index in [2.05, 4.69) is 21.4 Å². The number of carbonyl (C=O) groups excluding carboxylic acids is 3. The lowest BCUT2D eigenvalue weighted by Crippen LogP contribution is -2.44. The molecule has 0 unspecified atom stereocenters. The minimum atomic E-state index is -0.382. The number of aryl methyl sites for hydroxylation is 2. The number of likely N-dealkylation sites (N-methyl/N-ethyl adjacent to an activating group) is 1. The summed E-state index contributed by atoms with van der Waals surface area (Å²) in [5, 5.41) is 7.26. The molecule has 0 bridgehead atoms. The topological polar surface area (TPSA) is 100 Å². The van der Waals surface area contributed by atoms with Crippen molar-refractivity contribution in [3.05, 3.63) is 52.8 Å². The molecule has 0 aliphatic carbocycles. The predicted molar refractivity (Wildman–Crippen MR) is 130 cm³/mol. The smallest absolute Gasteiger partial charge is 0.274 e. The fraction of sp³-hybridized carbons (Fsp3) is 0.520. The zero-order chi connectivity index (χ0) is 24.8. The van der Waals surface area contributed by atoms with Crippen LogP contribution in [0.2, 0.25) is 0 Å². The van der Waals surface area contributed by atoms with Crippen LogP contribution in [0.25, 0.3) is 0 Å². The lowest BCUT2D eigenvalue weighted by Gasteiger charge is -2.26. The molecule has 0 spiro atoms. The summed E-state index contributed by atoms with van der Waals surface area (Å²) in [6.45, 7) is 8.08. The Morgan fingerprint density at radius 3 is 2.71 bits per heavy atom. The third-order valence-electron chi connectivity index (χ3n) is 6.34. The first-order chi connectivity index (χ1) is 16.9. The average molecular weight is 483 g/mol. The SMILES string of the molecule is Cc1cccc(CN2CCCn3nc(C(=O)N(C)CC(=O)NCCN4CCOCC4)cc3C2=O)c1. The summed E-state index contributed by atoms with van der Waals surface area (Å²) in [5.41, 5.74) is 2.80. The first-order valence-electron chi connectivity index (χ1n) is 12.2.